The topological polar surface area (TPSA) is 29.3 Å². The van der Waals surface area contributed by atoms with Crippen LogP contribution in [0.15, 0.2) is 48.5 Å². The van der Waals surface area contributed by atoms with Crippen LogP contribution >= 0.6 is 0 Å². The molecular formula is C17H22N2. The molecule has 2 aromatic rings. The van der Waals surface area contributed by atoms with E-state index in [1.807, 2.05) is 6.92 Å². The number of hydrogen-bond donors (Lipinski definition) is 1. The van der Waals surface area contributed by atoms with Crippen molar-refractivity contribution in [1.82, 2.24) is 4.90 Å². The zero-order valence-corrected chi connectivity index (χ0v) is 11.9. The quantitative estimate of drug-likeness (QED) is 0.905. The summed E-state index contributed by atoms with van der Waals surface area (Å²) in [6, 6.07) is 17.1. The van der Waals surface area contributed by atoms with E-state index in [2.05, 4.69) is 67.5 Å². The summed E-state index contributed by atoms with van der Waals surface area (Å²) in [6.45, 7) is 2.96. The van der Waals surface area contributed by atoms with Crippen LogP contribution in [0.25, 0.3) is 11.1 Å². The Labute approximate surface area is 115 Å². The van der Waals surface area contributed by atoms with E-state index in [9.17, 15) is 0 Å². The Kier molecular flexibility index (Phi) is 4.35. The summed E-state index contributed by atoms with van der Waals surface area (Å²) in [4.78, 5) is 2.19. The van der Waals surface area contributed by atoms with Gasteiger partial charge in [-0.25, -0.2) is 0 Å². The minimum Gasteiger partial charge on any atom is -0.324 e. The summed E-state index contributed by atoms with van der Waals surface area (Å²) < 4.78 is 0. The van der Waals surface area contributed by atoms with Gasteiger partial charge in [-0.05, 0) is 49.3 Å². The first-order valence-electron chi connectivity index (χ1n) is 6.66. The van der Waals surface area contributed by atoms with E-state index in [4.69, 9.17) is 5.73 Å². The SMILES string of the molecule is C[C@@H](N)c1cccc(-c2ccccc2CN(C)C)c1. The van der Waals surface area contributed by atoms with E-state index in [0.29, 0.717) is 0 Å². The molecule has 0 radical (unpaired) electrons. The van der Waals surface area contributed by atoms with E-state index in [0.717, 1.165) is 6.54 Å². The van der Waals surface area contributed by atoms with Crippen molar-refractivity contribution in [1.29, 1.82) is 0 Å². The number of hydrogen-bond acceptors (Lipinski definition) is 2. The van der Waals surface area contributed by atoms with Gasteiger partial charge < -0.3 is 10.6 Å². The van der Waals surface area contributed by atoms with Crippen molar-refractivity contribution >= 4 is 0 Å². The maximum absolute atomic E-state index is 5.97. The van der Waals surface area contributed by atoms with Gasteiger partial charge in [0.15, 0.2) is 0 Å². The molecule has 0 fully saturated rings. The van der Waals surface area contributed by atoms with Gasteiger partial charge in [0.05, 0.1) is 0 Å². The van der Waals surface area contributed by atoms with Crippen molar-refractivity contribution in [3.8, 4) is 11.1 Å². The first kappa shape index (κ1) is 13.8. The minimum atomic E-state index is 0.0703. The zero-order valence-electron chi connectivity index (χ0n) is 11.9. The molecule has 0 aliphatic heterocycles. The van der Waals surface area contributed by atoms with E-state index in [-0.39, 0.29) is 6.04 Å². The molecule has 0 saturated carbocycles. The first-order chi connectivity index (χ1) is 9.08. The lowest BCUT2D eigenvalue weighted by Gasteiger charge is -2.15. The molecule has 2 N–H and O–H groups in total. The van der Waals surface area contributed by atoms with Crippen LogP contribution in [-0.2, 0) is 6.54 Å². The maximum atomic E-state index is 5.97. The summed E-state index contributed by atoms with van der Waals surface area (Å²) >= 11 is 0. The second kappa shape index (κ2) is 6.00. The smallest absolute Gasteiger partial charge is 0.0266 e. The number of nitrogens with zero attached hydrogens (tertiary/aromatic N) is 1. The number of nitrogens with two attached hydrogens (primary N) is 1. The Morgan fingerprint density at radius 2 is 1.79 bits per heavy atom. The Morgan fingerprint density at radius 1 is 1.05 bits per heavy atom. The molecule has 2 rings (SSSR count). The molecule has 1 atom stereocenters. The Hall–Kier alpha value is -1.64. The first-order valence-corrected chi connectivity index (χ1v) is 6.66. The van der Waals surface area contributed by atoms with Crippen molar-refractivity contribution in [3.05, 3.63) is 59.7 Å². The minimum absolute atomic E-state index is 0.0703. The normalized spacial score (nSPS) is 12.7. The van der Waals surface area contributed by atoms with Gasteiger partial charge >= 0.3 is 0 Å². The fraction of sp³-hybridized carbons (Fsp3) is 0.294. The van der Waals surface area contributed by atoms with Crippen molar-refractivity contribution in [2.45, 2.75) is 19.5 Å². The van der Waals surface area contributed by atoms with Crippen molar-refractivity contribution in [2.75, 3.05) is 14.1 Å². The lowest BCUT2D eigenvalue weighted by atomic mass is 9.96. The summed E-state index contributed by atoms with van der Waals surface area (Å²) in [7, 11) is 4.18. The molecule has 0 aromatic heterocycles. The van der Waals surface area contributed by atoms with Gasteiger partial charge in [-0.3, -0.25) is 0 Å². The highest BCUT2D eigenvalue weighted by Gasteiger charge is 2.07. The average Bonchev–Trinajstić information content (AvgIpc) is 2.39. The third-order valence-corrected chi connectivity index (χ3v) is 3.23. The largest absolute Gasteiger partial charge is 0.324 e. The highest BCUT2D eigenvalue weighted by molar-refractivity contribution is 5.68. The fourth-order valence-electron chi connectivity index (χ4n) is 2.27. The van der Waals surface area contributed by atoms with Gasteiger partial charge in [0.2, 0.25) is 0 Å². The fourth-order valence-corrected chi connectivity index (χ4v) is 2.27. The van der Waals surface area contributed by atoms with Gasteiger partial charge in [-0.2, -0.15) is 0 Å². The Bertz CT molecular complexity index is 544. The molecule has 0 aliphatic rings. The molecule has 19 heavy (non-hydrogen) atoms. The van der Waals surface area contributed by atoms with E-state index < -0.39 is 0 Å². The van der Waals surface area contributed by atoms with Crippen LogP contribution in [-0.4, -0.2) is 19.0 Å². The van der Waals surface area contributed by atoms with Gasteiger partial charge in [0.1, 0.15) is 0 Å². The van der Waals surface area contributed by atoms with E-state index >= 15 is 0 Å². The van der Waals surface area contributed by atoms with E-state index in [1.54, 1.807) is 0 Å². The average molecular weight is 254 g/mol. The van der Waals surface area contributed by atoms with Crippen LogP contribution in [0, 0.1) is 0 Å². The lowest BCUT2D eigenvalue weighted by molar-refractivity contribution is 0.403. The zero-order chi connectivity index (χ0) is 13.8. The van der Waals surface area contributed by atoms with Gasteiger partial charge in [0.25, 0.3) is 0 Å². The van der Waals surface area contributed by atoms with Gasteiger partial charge in [0, 0.05) is 12.6 Å². The molecule has 0 spiro atoms. The van der Waals surface area contributed by atoms with Crippen molar-refractivity contribution in [2.24, 2.45) is 5.73 Å². The molecule has 0 heterocycles. The molecule has 0 bridgehead atoms. The van der Waals surface area contributed by atoms with E-state index in [1.165, 1.54) is 22.3 Å². The van der Waals surface area contributed by atoms with Crippen LogP contribution < -0.4 is 5.73 Å². The third-order valence-electron chi connectivity index (χ3n) is 3.23. The second-order valence-electron chi connectivity index (χ2n) is 5.31. The third kappa shape index (κ3) is 3.43. The Balaban J connectivity index is 2.43. The molecule has 2 heteroatoms. The predicted octanol–water partition coefficient (Wildman–Crippen LogP) is 3.43. The van der Waals surface area contributed by atoms with Crippen molar-refractivity contribution < 1.29 is 0 Å². The van der Waals surface area contributed by atoms with Crippen LogP contribution in [0.4, 0.5) is 0 Å². The van der Waals surface area contributed by atoms with Crippen LogP contribution in [0.3, 0.4) is 0 Å². The van der Waals surface area contributed by atoms with Crippen LogP contribution in [0.5, 0.6) is 0 Å². The van der Waals surface area contributed by atoms with Crippen molar-refractivity contribution in [3.63, 3.8) is 0 Å². The molecular weight excluding hydrogens is 232 g/mol. The summed E-state index contributed by atoms with van der Waals surface area (Å²) in [5.41, 5.74) is 11.0. The monoisotopic (exact) mass is 254 g/mol. The number of rotatable bonds is 4. The molecule has 2 aromatic carbocycles. The lowest BCUT2D eigenvalue weighted by Crippen LogP contribution is -2.11. The standard InChI is InChI=1S/C17H22N2/c1-13(18)14-8-6-9-15(11-14)17-10-5-4-7-16(17)12-19(2)3/h4-11,13H,12,18H2,1-3H3/t13-/m1/s1. The summed E-state index contributed by atoms with van der Waals surface area (Å²) in [5.74, 6) is 0. The highest BCUT2D eigenvalue weighted by atomic mass is 15.0. The molecule has 0 unspecified atom stereocenters. The number of benzene rings is 2. The maximum Gasteiger partial charge on any atom is 0.0266 e. The summed E-state index contributed by atoms with van der Waals surface area (Å²) in [5, 5.41) is 0. The highest BCUT2D eigenvalue weighted by Crippen LogP contribution is 2.26. The molecule has 0 amide bonds. The van der Waals surface area contributed by atoms with Gasteiger partial charge in [-0.15, -0.1) is 0 Å². The van der Waals surface area contributed by atoms with Crippen LogP contribution in [0.1, 0.15) is 24.1 Å². The van der Waals surface area contributed by atoms with Gasteiger partial charge in [-0.1, -0.05) is 42.5 Å². The molecule has 0 saturated heterocycles. The van der Waals surface area contributed by atoms with Crippen LogP contribution in [0.2, 0.25) is 0 Å². The molecule has 100 valence electrons. The summed E-state index contributed by atoms with van der Waals surface area (Å²) in [6.07, 6.45) is 0. The molecule has 0 aliphatic carbocycles. The second-order valence-corrected chi connectivity index (χ2v) is 5.31. The Morgan fingerprint density at radius 3 is 2.47 bits per heavy atom. The molecule has 2 nitrogen and oxygen atoms in total. The predicted molar refractivity (Wildman–Crippen MR) is 81.9 cm³/mol.